The maximum Gasteiger partial charge on any atom is 0.235 e. The SMILES string of the molecule is COc1c(C)c(Cl)cc(C2(N=C=O)CCC2)c1C. The van der Waals surface area contributed by atoms with Gasteiger partial charge < -0.3 is 4.74 Å². The lowest BCUT2D eigenvalue weighted by molar-refractivity contribution is 0.253. The molecule has 2 rings (SSSR count). The van der Waals surface area contributed by atoms with Crippen molar-refractivity contribution in [2.45, 2.75) is 38.6 Å². The third-order valence-corrected chi connectivity index (χ3v) is 4.25. The first-order valence-corrected chi connectivity index (χ1v) is 6.37. The molecule has 0 bridgehead atoms. The van der Waals surface area contributed by atoms with Crippen LogP contribution in [0.1, 0.15) is 36.0 Å². The Balaban J connectivity index is 2.64. The molecule has 0 saturated heterocycles. The summed E-state index contributed by atoms with van der Waals surface area (Å²) in [5, 5.41) is 0.653. The predicted molar refractivity (Wildman–Crippen MR) is 71.1 cm³/mol. The largest absolute Gasteiger partial charge is 0.496 e. The van der Waals surface area contributed by atoms with Gasteiger partial charge in [0, 0.05) is 10.6 Å². The molecule has 1 saturated carbocycles. The molecule has 1 fully saturated rings. The smallest absolute Gasteiger partial charge is 0.235 e. The summed E-state index contributed by atoms with van der Waals surface area (Å²) in [6, 6.07) is 1.91. The van der Waals surface area contributed by atoms with Crippen molar-refractivity contribution >= 4 is 17.7 Å². The van der Waals surface area contributed by atoms with E-state index in [-0.39, 0.29) is 0 Å². The highest BCUT2D eigenvalue weighted by molar-refractivity contribution is 6.31. The average molecular weight is 266 g/mol. The second-order valence-corrected chi connectivity index (χ2v) is 5.18. The maximum atomic E-state index is 10.6. The molecule has 3 nitrogen and oxygen atoms in total. The van der Waals surface area contributed by atoms with Crippen LogP contribution in [0.3, 0.4) is 0 Å². The summed E-state index contributed by atoms with van der Waals surface area (Å²) in [5.74, 6) is 0.782. The van der Waals surface area contributed by atoms with Crippen molar-refractivity contribution in [3.63, 3.8) is 0 Å². The van der Waals surface area contributed by atoms with Crippen LogP contribution in [-0.2, 0) is 10.3 Å². The lowest BCUT2D eigenvalue weighted by Crippen LogP contribution is -2.33. The number of benzene rings is 1. The molecule has 18 heavy (non-hydrogen) atoms. The van der Waals surface area contributed by atoms with E-state index in [0.29, 0.717) is 5.02 Å². The Labute approximate surface area is 112 Å². The first-order valence-electron chi connectivity index (χ1n) is 5.99. The van der Waals surface area contributed by atoms with E-state index < -0.39 is 5.54 Å². The van der Waals surface area contributed by atoms with Crippen LogP contribution in [0.25, 0.3) is 0 Å². The molecule has 0 aromatic heterocycles. The summed E-state index contributed by atoms with van der Waals surface area (Å²) < 4.78 is 5.41. The zero-order valence-electron chi connectivity index (χ0n) is 10.8. The molecule has 0 atom stereocenters. The third kappa shape index (κ3) is 1.84. The summed E-state index contributed by atoms with van der Waals surface area (Å²) in [7, 11) is 1.63. The molecule has 0 unspecified atom stereocenters. The molecule has 1 aliphatic carbocycles. The Hall–Kier alpha value is -1.31. The number of aliphatic imine (C=N–C) groups is 1. The number of rotatable bonds is 3. The van der Waals surface area contributed by atoms with Gasteiger partial charge in [0.05, 0.1) is 12.6 Å². The van der Waals surface area contributed by atoms with Gasteiger partial charge in [-0.1, -0.05) is 11.6 Å². The van der Waals surface area contributed by atoms with E-state index in [4.69, 9.17) is 16.3 Å². The van der Waals surface area contributed by atoms with E-state index in [0.717, 1.165) is 41.7 Å². The second-order valence-electron chi connectivity index (χ2n) is 4.78. The zero-order valence-corrected chi connectivity index (χ0v) is 11.6. The molecule has 0 amide bonds. The second kappa shape index (κ2) is 4.75. The summed E-state index contributed by atoms with van der Waals surface area (Å²) in [6.45, 7) is 3.91. The Morgan fingerprint density at radius 3 is 2.50 bits per heavy atom. The molecular formula is C14H16ClNO2. The van der Waals surface area contributed by atoms with E-state index in [1.807, 2.05) is 19.9 Å². The highest BCUT2D eigenvalue weighted by Gasteiger charge is 2.41. The number of nitrogens with zero attached hydrogens (tertiary/aromatic N) is 1. The fraction of sp³-hybridized carbons (Fsp3) is 0.500. The van der Waals surface area contributed by atoms with Gasteiger partial charge in [-0.3, -0.25) is 0 Å². The Morgan fingerprint density at radius 2 is 2.06 bits per heavy atom. The van der Waals surface area contributed by atoms with E-state index in [2.05, 4.69) is 4.99 Å². The molecule has 0 heterocycles. The Morgan fingerprint density at radius 1 is 1.39 bits per heavy atom. The number of hydrogen-bond acceptors (Lipinski definition) is 3. The van der Waals surface area contributed by atoms with Crippen molar-refractivity contribution in [2.24, 2.45) is 4.99 Å². The van der Waals surface area contributed by atoms with Gasteiger partial charge in [-0.05, 0) is 50.3 Å². The Bertz CT molecular complexity index is 529. The van der Waals surface area contributed by atoms with Crippen LogP contribution in [0.5, 0.6) is 5.75 Å². The van der Waals surface area contributed by atoms with Gasteiger partial charge in [0.1, 0.15) is 5.75 Å². The highest BCUT2D eigenvalue weighted by Crippen LogP contribution is 2.48. The first kappa shape index (κ1) is 13.1. The number of ether oxygens (including phenoxy) is 1. The van der Waals surface area contributed by atoms with Crippen LogP contribution in [-0.4, -0.2) is 13.2 Å². The van der Waals surface area contributed by atoms with Gasteiger partial charge in [-0.15, -0.1) is 0 Å². The van der Waals surface area contributed by atoms with E-state index in [9.17, 15) is 4.79 Å². The molecule has 1 aliphatic rings. The van der Waals surface area contributed by atoms with Crippen LogP contribution in [0, 0.1) is 13.8 Å². The number of hydrogen-bond donors (Lipinski definition) is 0. The molecule has 96 valence electrons. The summed E-state index contributed by atoms with van der Waals surface area (Å²) >= 11 is 6.24. The standard InChI is InChI=1S/C14H16ClNO2/c1-9-11(14(16-8-17)5-4-6-14)7-12(15)10(2)13(9)18-3/h7H,4-6H2,1-3H3. The number of methoxy groups -OCH3 is 1. The number of carbonyl (C=O) groups excluding carboxylic acids is 1. The van der Waals surface area contributed by atoms with E-state index in [1.54, 1.807) is 13.2 Å². The van der Waals surface area contributed by atoms with Gasteiger partial charge in [-0.25, -0.2) is 4.79 Å². The van der Waals surface area contributed by atoms with Gasteiger partial charge in [0.15, 0.2) is 0 Å². The van der Waals surface area contributed by atoms with Crippen molar-refractivity contribution < 1.29 is 9.53 Å². The normalized spacial score (nSPS) is 16.7. The van der Waals surface area contributed by atoms with Crippen molar-refractivity contribution in [1.29, 1.82) is 0 Å². The number of halogens is 1. The van der Waals surface area contributed by atoms with Crippen LogP contribution in [0.2, 0.25) is 5.02 Å². The summed E-state index contributed by atoms with van der Waals surface area (Å²) in [4.78, 5) is 14.7. The van der Waals surface area contributed by atoms with Gasteiger partial charge in [0.25, 0.3) is 0 Å². The van der Waals surface area contributed by atoms with E-state index in [1.165, 1.54) is 0 Å². The molecule has 0 radical (unpaired) electrons. The minimum atomic E-state index is -0.434. The maximum absolute atomic E-state index is 10.6. The molecule has 1 aromatic rings. The fourth-order valence-corrected chi connectivity index (χ4v) is 2.88. The van der Waals surface area contributed by atoms with Gasteiger partial charge in [0.2, 0.25) is 6.08 Å². The topological polar surface area (TPSA) is 38.7 Å². The van der Waals surface area contributed by atoms with Crippen molar-refractivity contribution in [1.82, 2.24) is 0 Å². The zero-order chi connectivity index (χ0) is 13.3. The summed E-state index contributed by atoms with van der Waals surface area (Å²) in [5.41, 5.74) is 2.49. The quantitative estimate of drug-likeness (QED) is 0.618. The number of isocyanates is 1. The van der Waals surface area contributed by atoms with Crippen molar-refractivity contribution in [2.75, 3.05) is 7.11 Å². The van der Waals surface area contributed by atoms with Gasteiger partial charge >= 0.3 is 0 Å². The summed E-state index contributed by atoms with van der Waals surface area (Å²) in [6.07, 6.45) is 4.50. The minimum Gasteiger partial charge on any atom is -0.496 e. The average Bonchev–Trinajstić information content (AvgIpc) is 2.30. The third-order valence-electron chi connectivity index (χ3n) is 3.86. The predicted octanol–water partition coefficient (Wildman–Crippen LogP) is 3.68. The monoisotopic (exact) mass is 265 g/mol. The van der Waals surface area contributed by atoms with Crippen molar-refractivity contribution in [3.05, 3.63) is 27.8 Å². The Kier molecular flexibility index (Phi) is 3.47. The molecule has 0 spiro atoms. The lowest BCUT2D eigenvalue weighted by atomic mass is 9.70. The van der Waals surface area contributed by atoms with E-state index >= 15 is 0 Å². The minimum absolute atomic E-state index is 0.434. The molecule has 1 aromatic carbocycles. The van der Waals surface area contributed by atoms with Crippen LogP contribution in [0.4, 0.5) is 0 Å². The van der Waals surface area contributed by atoms with Crippen molar-refractivity contribution in [3.8, 4) is 5.75 Å². The lowest BCUT2D eigenvalue weighted by Gasteiger charge is -2.38. The van der Waals surface area contributed by atoms with Crippen LogP contribution < -0.4 is 4.74 Å². The van der Waals surface area contributed by atoms with Gasteiger partial charge in [-0.2, -0.15) is 4.99 Å². The first-order chi connectivity index (χ1) is 8.55. The molecule has 0 aliphatic heterocycles. The highest BCUT2D eigenvalue weighted by atomic mass is 35.5. The van der Waals surface area contributed by atoms with Crippen LogP contribution >= 0.6 is 11.6 Å². The fourth-order valence-electron chi connectivity index (χ4n) is 2.69. The van der Waals surface area contributed by atoms with Crippen LogP contribution in [0.15, 0.2) is 11.1 Å². The molecule has 0 N–H and O–H groups in total. The molecule has 4 heteroatoms. The molecular weight excluding hydrogens is 250 g/mol.